The van der Waals surface area contributed by atoms with Gasteiger partial charge in [-0.1, -0.05) is 20.8 Å². The number of carboxylic acids is 1. The molecule has 1 rings (SSSR count). The molecule has 5 atom stereocenters. The molecule has 24 heavy (non-hydrogen) atoms. The third kappa shape index (κ3) is 5.45. The minimum Gasteiger partial charge on any atom is -0.478 e. The van der Waals surface area contributed by atoms with Crippen molar-refractivity contribution in [1.29, 1.82) is 0 Å². The van der Waals surface area contributed by atoms with Crippen molar-refractivity contribution in [3.05, 3.63) is 11.8 Å². The van der Waals surface area contributed by atoms with Gasteiger partial charge in [0.2, 0.25) is 11.7 Å². The van der Waals surface area contributed by atoms with E-state index in [9.17, 15) is 24.9 Å². The molecule has 0 aromatic carbocycles. The lowest BCUT2D eigenvalue weighted by molar-refractivity contribution is -0.150. The van der Waals surface area contributed by atoms with Crippen LogP contribution in [0.5, 0.6) is 0 Å². The number of carboxylic acid groups (broad SMARTS) is 1. The second-order valence-electron chi connectivity index (χ2n) is 6.98. The van der Waals surface area contributed by atoms with Crippen LogP contribution in [0.25, 0.3) is 0 Å². The van der Waals surface area contributed by atoms with E-state index in [1.54, 1.807) is 0 Å². The van der Waals surface area contributed by atoms with Crippen molar-refractivity contribution in [3.8, 4) is 0 Å². The molecule has 0 aromatic heterocycles. The van der Waals surface area contributed by atoms with Crippen LogP contribution in [0, 0.1) is 5.41 Å². The Hall–Kier alpha value is -1.68. The Kier molecular flexibility index (Phi) is 6.73. The first-order valence-corrected chi connectivity index (χ1v) is 7.52. The molecule has 1 heterocycles. The van der Waals surface area contributed by atoms with E-state index in [-0.39, 0.29) is 11.8 Å². The molecule has 0 aliphatic carbocycles. The second-order valence-corrected chi connectivity index (χ2v) is 6.98. The van der Waals surface area contributed by atoms with E-state index in [4.69, 9.17) is 14.9 Å². The molecular weight excluding hydrogens is 322 g/mol. The SMILES string of the molecule is CC(C)(C)CC(=O)N[C@H]1[C@H]([C@H](O)[C@H](O)CO)OC(C(=O)O)=C[C@@H]1O. The van der Waals surface area contributed by atoms with Gasteiger partial charge in [-0.25, -0.2) is 4.79 Å². The average molecular weight is 347 g/mol. The highest BCUT2D eigenvalue weighted by Crippen LogP contribution is 2.24. The van der Waals surface area contributed by atoms with Crippen molar-refractivity contribution in [2.45, 2.75) is 57.6 Å². The largest absolute Gasteiger partial charge is 0.478 e. The van der Waals surface area contributed by atoms with Gasteiger partial charge in [0.1, 0.15) is 18.3 Å². The Morgan fingerprint density at radius 2 is 1.92 bits per heavy atom. The maximum atomic E-state index is 12.1. The van der Waals surface area contributed by atoms with Crippen molar-refractivity contribution in [1.82, 2.24) is 5.32 Å². The number of hydrogen-bond donors (Lipinski definition) is 6. The number of rotatable bonds is 6. The van der Waals surface area contributed by atoms with Gasteiger partial charge >= 0.3 is 5.97 Å². The third-order valence-electron chi connectivity index (χ3n) is 3.45. The molecule has 9 heteroatoms. The molecule has 0 saturated heterocycles. The molecular formula is C15H25NO8. The van der Waals surface area contributed by atoms with E-state index in [1.165, 1.54) is 0 Å². The summed E-state index contributed by atoms with van der Waals surface area (Å²) < 4.78 is 5.11. The van der Waals surface area contributed by atoms with Gasteiger partial charge in [0.25, 0.3) is 0 Å². The zero-order valence-corrected chi connectivity index (χ0v) is 13.8. The van der Waals surface area contributed by atoms with Gasteiger partial charge in [0.05, 0.1) is 12.6 Å². The first-order valence-electron chi connectivity index (χ1n) is 7.52. The normalized spacial score (nSPS) is 26.8. The van der Waals surface area contributed by atoms with Gasteiger partial charge in [0, 0.05) is 6.42 Å². The minimum atomic E-state index is -1.72. The zero-order chi connectivity index (χ0) is 18.7. The van der Waals surface area contributed by atoms with Crippen LogP contribution in [-0.4, -0.2) is 74.5 Å². The van der Waals surface area contributed by atoms with Gasteiger partial charge < -0.3 is 35.6 Å². The van der Waals surface area contributed by atoms with Gasteiger partial charge in [0.15, 0.2) is 6.10 Å². The van der Waals surface area contributed by atoms with Crippen LogP contribution in [0.3, 0.4) is 0 Å². The number of ether oxygens (including phenoxy) is 1. The van der Waals surface area contributed by atoms with E-state index in [0.29, 0.717) is 0 Å². The molecule has 0 radical (unpaired) electrons. The molecule has 0 fully saturated rings. The number of aliphatic carboxylic acids is 1. The van der Waals surface area contributed by atoms with E-state index in [1.807, 2.05) is 20.8 Å². The standard InChI is InChI=1S/C15H25NO8/c1-15(2,3)5-10(20)16-11-7(18)4-9(14(22)23)24-13(11)12(21)8(19)6-17/h4,7-8,11-13,17-19,21H,5-6H2,1-3H3,(H,16,20)(H,22,23)/t7-,8+,11+,12+,13+/m0/s1. The Bertz CT molecular complexity index is 498. The highest BCUT2D eigenvalue weighted by Gasteiger charge is 2.43. The van der Waals surface area contributed by atoms with Gasteiger partial charge in [-0.2, -0.15) is 0 Å². The van der Waals surface area contributed by atoms with Crippen molar-refractivity contribution < 1.29 is 39.9 Å². The molecule has 1 aliphatic heterocycles. The van der Waals surface area contributed by atoms with Crippen LogP contribution in [0.1, 0.15) is 27.2 Å². The number of hydrogen-bond acceptors (Lipinski definition) is 7. The zero-order valence-electron chi connectivity index (χ0n) is 13.8. The Morgan fingerprint density at radius 1 is 1.33 bits per heavy atom. The molecule has 0 saturated carbocycles. The average Bonchev–Trinajstić information content (AvgIpc) is 2.45. The molecule has 9 nitrogen and oxygen atoms in total. The molecule has 0 unspecified atom stereocenters. The number of aliphatic hydroxyl groups is 4. The minimum absolute atomic E-state index is 0.122. The van der Waals surface area contributed by atoms with E-state index in [2.05, 4.69) is 5.32 Å². The molecule has 1 amide bonds. The highest BCUT2D eigenvalue weighted by atomic mass is 16.5. The maximum absolute atomic E-state index is 12.1. The van der Waals surface area contributed by atoms with Crippen molar-refractivity contribution in [2.24, 2.45) is 5.41 Å². The fourth-order valence-corrected chi connectivity index (χ4v) is 2.33. The number of nitrogens with one attached hydrogen (secondary N) is 1. The van der Waals surface area contributed by atoms with Crippen LogP contribution in [0.2, 0.25) is 0 Å². The lowest BCUT2D eigenvalue weighted by atomic mass is 9.90. The molecule has 0 spiro atoms. The number of carbonyl (C=O) groups is 2. The predicted octanol–water partition coefficient (Wildman–Crippen LogP) is -1.65. The molecule has 138 valence electrons. The summed E-state index contributed by atoms with van der Waals surface area (Å²) in [5.41, 5.74) is -0.328. The van der Waals surface area contributed by atoms with Crippen LogP contribution < -0.4 is 5.32 Å². The quantitative estimate of drug-likeness (QED) is 0.334. The number of aliphatic hydroxyl groups excluding tert-OH is 4. The smallest absolute Gasteiger partial charge is 0.370 e. The lowest BCUT2D eigenvalue weighted by Gasteiger charge is -2.38. The summed E-state index contributed by atoms with van der Waals surface area (Å²) in [6, 6.07) is -1.18. The maximum Gasteiger partial charge on any atom is 0.370 e. The summed E-state index contributed by atoms with van der Waals surface area (Å²) in [5, 5.41) is 50.2. The van der Waals surface area contributed by atoms with Crippen LogP contribution >= 0.6 is 0 Å². The first-order chi connectivity index (χ1) is 11.0. The number of amides is 1. The fraction of sp³-hybridized carbons (Fsp3) is 0.733. The summed E-state index contributed by atoms with van der Waals surface area (Å²) in [4.78, 5) is 23.1. The van der Waals surface area contributed by atoms with Crippen LogP contribution in [0.4, 0.5) is 0 Å². The predicted molar refractivity (Wildman–Crippen MR) is 81.7 cm³/mol. The van der Waals surface area contributed by atoms with Gasteiger partial charge in [-0.05, 0) is 11.5 Å². The Labute approximate surface area is 139 Å². The third-order valence-corrected chi connectivity index (χ3v) is 3.45. The van der Waals surface area contributed by atoms with Gasteiger partial charge in [-0.15, -0.1) is 0 Å². The van der Waals surface area contributed by atoms with Crippen molar-refractivity contribution in [2.75, 3.05) is 6.61 Å². The monoisotopic (exact) mass is 347 g/mol. The van der Waals surface area contributed by atoms with Gasteiger partial charge in [-0.3, -0.25) is 4.79 Å². The lowest BCUT2D eigenvalue weighted by Crippen LogP contribution is -2.60. The molecule has 6 N–H and O–H groups in total. The van der Waals surface area contributed by atoms with Crippen molar-refractivity contribution >= 4 is 11.9 Å². The fourth-order valence-electron chi connectivity index (χ4n) is 2.33. The highest BCUT2D eigenvalue weighted by molar-refractivity contribution is 5.84. The van der Waals surface area contributed by atoms with E-state index in [0.717, 1.165) is 6.08 Å². The van der Waals surface area contributed by atoms with Crippen LogP contribution in [-0.2, 0) is 14.3 Å². The summed E-state index contributed by atoms with van der Waals surface area (Å²) in [6.45, 7) is 4.71. The van der Waals surface area contributed by atoms with E-state index < -0.39 is 54.7 Å². The molecule has 0 aromatic rings. The Morgan fingerprint density at radius 3 is 2.38 bits per heavy atom. The molecule has 1 aliphatic rings. The van der Waals surface area contributed by atoms with Crippen LogP contribution in [0.15, 0.2) is 11.8 Å². The van der Waals surface area contributed by atoms with Crippen molar-refractivity contribution in [3.63, 3.8) is 0 Å². The topological polar surface area (TPSA) is 157 Å². The first kappa shape index (κ1) is 20.4. The van der Waals surface area contributed by atoms with E-state index >= 15 is 0 Å². The summed E-state index contributed by atoms with van der Waals surface area (Å²) in [5.74, 6) is -2.51. The number of carbonyl (C=O) groups excluding carboxylic acids is 1. The second kappa shape index (κ2) is 7.93. The summed E-state index contributed by atoms with van der Waals surface area (Å²) >= 11 is 0. The Balaban J connectivity index is 3.02. The molecule has 0 bridgehead atoms. The summed E-state index contributed by atoms with van der Waals surface area (Å²) in [6.07, 6.45) is -5.21. The summed E-state index contributed by atoms with van der Waals surface area (Å²) in [7, 11) is 0.